The van der Waals surface area contributed by atoms with Crippen molar-refractivity contribution in [1.29, 1.82) is 0 Å². The zero-order valence-corrected chi connectivity index (χ0v) is 11.0. The molecular formula is C13H27NO. The van der Waals surface area contributed by atoms with Crippen LogP contribution in [0.2, 0.25) is 0 Å². The smallest absolute Gasteiger partial charge is 0.0726 e. The van der Waals surface area contributed by atoms with Crippen LogP contribution in [-0.2, 0) is 4.74 Å². The molecule has 1 rings (SSSR count). The van der Waals surface area contributed by atoms with Crippen LogP contribution in [-0.4, -0.2) is 36.2 Å². The second-order valence-electron chi connectivity index (χ2n) is 5.58. The first-order valence-electron chi connectivity index (χ1n) is 6.30. The third kappa shape index (κ3) is 3.18. The van der Waals surface area contributed by atoms with Crippen molar-refractivity contribution >= 4 is 0 Å². The summed E-state index contributed by atoms with van der Waals surface area (Å²) in [5.41, 5.74) is 0.257. The fourth-order valence-electron chi connectivity index (χ4n) is 2.92. The van der Waals surface area contributed by atoms with E-state index in [1.54, 1.807) is 0 Å². The third-order valence-corrected chi connectivity index (χ3v) is 3.57. The van der Waals surface area contributed by atoms with E-state index >= 15 is 0 Å². The van der Waals surface area contributed by atoms with E-state index in [0.29, 0.717) is 12.1 Å². The summed E-state index contributed by atoms with van der Waals surface area (Å²) in [4.78, 5) is 2.60. The van der Waals surface area contributed by atoms with E-state index in [2.05, 4.69) is 32.6 Å². The lowest BCUT2D eigenvalue weighted by molar-refractivity contribution is -0.0415. The Bertz CT molecular complexity index is 185. The predicted molar refractivity (Wildman–Crippen MR) is 65.2 cm³/mol. The van der Waals surface area contributed by atoms with Crippen LogP contribution in [0, 0.1) is 0 Å². The molecule has 1 aliphatic rings. The highest BCUT2D eigenvalue weighted by Crippen LogP contribution is 2.29. The molecule has 90 valence electrons. The summed E-state index contributed by atoms with van der Waals surface area (Å²) in [6.45, 7) is 10.3. The number of hydrogen-bond donors (Lipinski definition) is 0. The Balaban J connectivity index is 2.72. The Kier molecular flexibility index (Phi) is 4.60. The molecule has 2 heteroatoms. The molecule has 0 N–H and O–H groups in total. The molecule has 0 heterocycles. The largest absolute Gasteiger partial charge is 0.380 e. The highest BCUT2D eigenvalue weighted by atomic mass is 16.5. The van der Waals surface area contributed by atoms with Crippen LogP contribution >= 0.6 is 0 Å². The molecule has 0 aliphatic heterocycles. The van der Waals surface area contributed by atoms with Gasteiger partial charge in [0.1, 0.15) is 0 Å². The zero-order valence-electron chi connectivity index (χ0n) is 11.0. The lowest BCUT2D eigenvalue weighted by Crippen LogP contribution is -2.54. The number of ether oxygens (including phenoxy) is 1. The topological polar surface area (TPSA) is 12.5 Å². The zero-order chi connectivity index (χ0) is 11.5. The molecule has 0 bridgehead atoms. The number of hydrogen-bond acceptors (Lipinski definition) is 2. The molecule has 2 unspecified atom stereocenters. The SMILES string of the molecule is CCN(C1CCCCC1OC)C(C)(C)C. The average molecular weight is 213 g/mol. The lowest BCUT2D eigenvalue weighted by Gasteiger charge is -2.45. The average Bonchev–Trinajstić information content (AvgIpc) is 2.17. The summed E-state index contributed by atoms with van der Waals surface area (Å²) in [6, 6.07) is 0.619. The first-order valence-corrected chi connectivity index (χ1v) is 6.30. The van der Waals surface area contributed by atoms with Crippen LogP contribution in [0.5, 0.6) is 0 Å². The first-order chi connectivity index (χ1) is 7.00. The first kappa shape index (κ1) is 13.0. The molecule has 15 heavy (non-hydrogen) atoms. The van der Waals surface area contributed by atoms with Gasteiger partial charge in [-0.05, 0) is 40.2 Å². The molecule has 1 saturated carbocycles. The van der Waals surface area contributed by atoms with Crippen molar-refractivity contribution < 1.29 is 4.74 Å². The van der Waals surface area contributed by atoms with Crippen molar-refractivity contribution in [2.75, 3.05) is 13.7 Å². The molecule has 0 aromatic rings. The second-order valence-corrected chi connectivity index (χ2v) is 5.58. The Labute approximate surface area is 95.0 Å². The van der Waals surface area contributed by atoms with Gasteiger partial charge in [0.15, 0.2) is 0 Å². The molecule has 2 atom stereocenters. The molecule has 1 fully saturated rings. The minimum Gasteiger partial charge on any atom is -0.380 e. The fraction of sp³-hybridized carbons (Fsp3) is 1.00. The van der Waals surface area contributed by atoms with Gasteiger partial charge in [0.25, 0.3) is 0 Å². The lowest BCUT2D eigenvalue weighted by atomic mass is 9.88. The van der Waals surface area contributed by atoms with Gasteiger partial charge in [-0.25, -0.2) is 0 Å². The number of methoxy groups -OCH3 is 1. The van der Waals surface area contributed by atoms with E-state index < -0.39 is 0 Å². The van der Waals surface area contributed by atoms with Gasteiger partial charge in [-0.3, -0.25) is 4.90 Å². The van der Waals surface area contributed by atoms with Gasteiger partial charge in [0.05, 0.1) is 6.10 Å². The number of likely N-dealkylation sites (N-methyl/N-ethyl adjacent to an activating group) is 1. The molecule has 1 aliphatic carbocycles. The van der Waals surface area contributed by atoms with Crippen molar-refractivity contribution in [3.05, 3.63) is 0 Å². The summed E-state index contributed by atoms with van der Waals surface area (Å²) in [5.74, 6) is 0. The summed E-state index contributed by atoms with van der Waals surface area (Å²) < 4.78 is 5.64. The van der Waals surface area contributed by atoms with Gasteiger partial charge in [-0.2, -0.15) is 0 Å². The second kappa shape index (κ2) is 5.31. The standard InChI is InChI=1S/C13H27NO/c1-6-14(13(2,3)4)11-9-7-8-10-12(11)15-5/h11-12H,6-10H2,1-5H3. The van der Waals surface area contributed by atoms with E-state index in [-0.39, 0.29) is 5.54 Å². The van der Waals surface area contributed by atoms with Gasteiger partial charge >= 0.3 is 0 Å². The maximum atomic E-state index is 5.64. The van der Waals surface area contributed by atoms with Gasteiger partial charge in [-0.1, -0.05) is 19.8 Å². The van der Waals surface area contributed by atoms with Crippen molar-refractivity contribution in [3.8, 4) is 0 Å². The van der Waals surface area contributed by atoms with Crippen molar-refractivity contribution in [1.82, 2.24) is 4.90 Å². The minimum absolute atomic E-state index is 0.257. The van der Waals surface area contributed by atoms with Crippen LogP contribution in [0.15, 0.2) is 0 Å². The van der Waals surface area contributed by atoms with Gasteiger partial charge in [0, 0.05) is 18.7 Å². The highest BCUT2D eigenvalue weighted by molar-refractivity contribution is 4.89. The van der Waals surface area contributed by atoms with Gasteiger partial charge in [-0.15, -0.1) is 0 Å². The molecular weight excluding hydrogens is 186 g/mol. The highest BCUT2D eigenvalue weighted by Gasteiger charge is 2.34. The van der Waals surface area contributed by atoms with Gasteiger partial charge in [0.2, 0.25) is 0 Å². The van der Waals surface area contributed by atoms with E-state index in [0.717, 1.165) is 6.54 Å². The number of nitrogens with zero attached hydrogens (tertiary/aromatic N) is 1. The minimum atomic E-state index is 0.257. The normalized spacial score (nSPS) is 28.4. The van der Waals surface area contributed by atoms with Crippen LogP contribution in [0.4, 0.5) is 0 Å². The quantitative estimate of drug-likeness (QED) is 0.714. The Hall–Kier alpha value is -0.0800. The van der Waals surface area contributed by atoms with Gasteiger partial charge < -0.3 is 4.74 Å². The Morgan fingerprint density at radius 1 is 1.20 bits per heavy atom. The summed E-state index contributed by atoms with van der Waals surface area (Å²) in [5, 5.41) is 0. The molecule has 0 aromatic heterocycles. The summed E-state index contributed by atoms with van der Waals surface area (Å²) in [7, 11) is 1.86. The molecule has 0 amide bonds. The van der Waals surface area contributed by atoms with Crippen molar-refractivity contribution in [3.63, 3.8) is 0 Å². The monoisotopic (exact) mass is 213 g/mol. The van der Waals surface area contributed by atoms with Crippen LogP contribution in [0.3, 0.4) is 0 Å². The van der Waals surface area contributed by atoms with E-state index in [9.17, 15) is 0 Å². The maximum Gasteiger partial charge on any atom is 0.0726 e. The van der Waals surface area contributed by atoms with Crippen molar-refractivity contribution in [2.45, 2.75) is 71.1 Å². The van der Waals surface area contributed by atoms with E-state index in [4.69, 9.17) is 4.74 Å². The summed E-state index contributed by atoms with van der Waals surface area (Å²) >= 11 is 0. The molecule has 0 radical (unpaired) electrons. The fourth-order valence-corrected chi connectivity index (χ4v) is 2.92. The molecule has 0 spiro atoms. The Morgan fingerprint density at radius 2 is 1.80 bits per heavy atom. The summed E-state index contributed by atoms with van der Waals surface area (Å²) in [6.07, 6.45) is 5.66. The van der Waals surface area contributed by atoms with Crippen LogP contribution in [0.1, 0.15) is 53.4 Å². The Morgan fingerprint density at radius 3 is 2.27 bits per heavy atom. The molecule has 2 nitrogen and oxygen atoms in total. The van der Waals surface area contributed by atoms with E-state index in [1.165, 1.54) is 25.7 Å². The van der Waals surface area contributed by atoms with E-state index in [1.807, 2.05) is 7.11 Å². The predicted octanol–water partition coefficient (Wildman–Crippen LogP) is 3.06. The maximum absolute atomic E-state index is 5.64. The van der Waals surface area contributed by atoms with Crippen LogP contribution < -0.4 is 0 Å². The van der Waals surface area contributed by atoms with Crippen LogP contribution in [0.25, 0.3) is 0 Å². The third-order valence-electron chi connectivity index (χ3n) is 3.57. The van der Waals surface area contributed by atoms with Crippen molar-refractivity contribution in [2.24, 2.45) is 0 Å². The number of rotatable bonds is 3. The molecule has 0 aromatic carbocycles. The molecule has 0 saturated heterocycles.